The first-order valence-corrected chi connectivity index (χ1v) is 11.4. The molecule has 5 nitrogen and oxygen atoms in total. The third-order valence-electron chi connectivity index (χ3n) is 6.59. The number of nitrogens with zero attached hydrogens (tertiary/aromatic N) is 3. The van der Waals surface area contributed by atoms with Crippen molar-refractivity contribution >= 4 is 10.9 Å². The van der Waals surface area contributed by atoms with Gasteiger partial charge in [0.2, 0.25) is 0 Å². The predicted octanol–water partition coefficient (Wildman–Crippen LogP) is 4.09. The Bertz CT molecular complexity index is 1020. The van der Waals surface area contributed by atoms with Crippen LogP contribution in [-0.4, -0.2) is 60.4 Å². The van der Waals surface area contributed by atoms with E-state index in [0.29, 0.717) is 12.8 Å². The molecule has 1 fully saturated rings. The molecule has 5 heteroatoms. The minimum atomic E-state index is 0.306. The molecule has 0 spiro atoms. The Labute approximate surface area is 184 Å². The molecule has 0 saturated carbocycles. The van der Waals surface area contributed by atoms with Crippen molar-refractivity contribution < 1.29 is 9.47 Å². The summed E-state index contributed by atoms with van der Waals surface area (Å²) in [5.41, 5.74) is 4.94. The number of allylic oxidation sites excluding steroid dienone is 4. The molecule has 1 atom stereocenters. The zero-order valence-corrected chi connectivity index (χ0v) is 18.3. The lowest BCUT2D eigenvalue weighted by Gasteiger charge is -2.27. The predicted molar refractivity (Wildman–Crippen MR) is 124 cm³/mol. The molecular formula is C26H31N3O2. The van der Waals surface area contributed by atoms with E-state index in [1.165, 1.54) is 22.1 Å². The van der Waals surface area contributed by atoms with E-state index in [-0.39, 0.29) is 0 Å². The maximum Gasteiger partial charge on any atom is 0.150 e. The smallest absolute Gasteiger partial charge is 0.150 e. The Morgan fingerprint density at radius 3 is 2.97 bits per heavy atom. The number of ether oxygens (including phenoxy) is 2. The maximum absolute atomic E-state index is 6.42. The molecule has 162 valence electrons. The topological polar surface area (TPSA) is 37.8 Å². The summed E-state index contributed by atoms with van der Waals surface area (Å²) in [6.07, 6.45) is 14.9. The van der Waals surface area contributed by atoms with Crippen LogP contribution in [0.3, 0.4) is 0 Å². The van der Waals surface area contributed by atoms with Crippen molar-refractivity contribution in [1.82, 2.24) is 14.8 Å². The van der Waals surface area contributed by atoms with E-state index in [1.807, 2.05) is 12.3 Å². The number of benzene rings is 1. The van der Waals surface area contributed by atoms with Gasteiger partial charge < -0.3 is 9.47 Å². The van der Waals surface area contributed by atoms with E-state index < -0.39 is 0 Å². The first-order chi connectivity index (χ1) is 15.3. The summed E-state index contributed by atoms with van der Waals surface area (Å²) in [6, 6.07) is 6.87. The fourth-order valence-electron chi connectivity index (χ4n) is 4.70. The van der Waals surface area contributed by atoms with Crippen molar-refractivity contribution in [3.8, 4) is 5.75 Å². The fourth-order valence-corrected chi connectivity index (χ4v) is 4.70. The molecule has 3 aliphatic rings. The summed E-state index contributed by atoms with van der Waals surface area (Å²) in [5, 5.41) is 1.20. The highest BCUT2D eigenvalue weighted by atomic mass is 16.5. The fraction of sp³-hybridized carbons (Fsp3) is 0.423. The molecule has 0 N–H and O–H groups in total. The van der Waals surface area contributed by atoms with E-state index in [0.717, 1.165) is 63.5 Å². The van der Waals surface area contributed by atoms with E-state index in [2.05, 4.69) is 59.2 Å². The standard InChI is InChI=1S/C26H31N3O2/c1-20(21-7-4-2-3-5-8-21)29-12-10-22-17-23(18-28-13-15-30-16-14-28)24-9-6-11-27-25(24)26(22)31-19-29/h2,4-9,11,17,20H,3,10,12-16,18-19H2,1H3. The van der Waals surface area contributed by atoms with Crippen molar-refractivity contribution in [1.29, 1.82) is 0 Å². The Kier molecular flexibility index (Phi) is 6.16. The Hall–Kier alpha value is -2.47. The Morgan fingerprint density at radius 1 is 1.16 bits per heavy atom. The quantitative estimate of drug-likeness (QED) is 0.749. The van der Waals surface area contributed by atoms with E-state index in [4.69, 9.17) is 14.5 Å². The van der Waals surface area contributed by atoms with Gasteiger partial charge in [0, 0.05) is 43.8 Å². The number of hydrogen-bond acceptors (Lipinski definition) is 5. The van der Waals surface area contributed by atoms with Gasteiger partial charge in [0.15, 0.2) is 5.75 Å². The highest BCUT2D eigenvalue weighted by molar-refractivity contribution is 5.89. The molecule has 1 aromatic carbocycles. The lowest BCUT2D eigenvalue weighted by Crippen LogP contribution is -2.37. The normalized spacial score (nSPS) is 21.1. The van der Waals surface area contributed by atoms with E-state index in [9.17, 15) is 0 Å². The van der Waals surface area contributed by atoms with Crippen LogP contribution in [0, 0.1) is 0 Å². The summed E-state index contributed by atoms with van der Waals surface area (Å²) >= 11 is 0. The van der Waals surface area contributed by atoms with Gasteiger partial charge in [-0.3, -0.25) is 14.8 Å². The van der Waals surface area contributed by atoms with Crippen LogP contribution < -0.4 is 4.74 Å². The van der Waals surface area contributed by atoms with Gasteiger partial charge in [0.05, 0.1) is 13.2 Å². The lowest BCUT2D eigenvalue weighted by molar-refractivity contribution is 0.0343. The van der Waals surface area contributed by atoms with Gasteiger partial charge in [0.1, 0.15) is 12.2 Å². The largest absolute Gasteiger partial charge is 0.476 e. The molecular weight excluding hydrogens is 386 g/mol. The highest BCUT2D eigenvalue weighted by Crippen LogP contribution is 2.34. The third kappa shape index (κ3) is 4.45. The molecule has 0 amide bonds. The summed E-state index contributed by atoms with van der Waals surface area (Å²) in [7, 11) is 0. The van der Waals surface area contributed by atoms with Crippen molar-refractivity contribution in [2.75, 3.05) is 39.6 Å². The second-order valence-corrected chi connectivity index (χ2v) is 8.56. The van der Waals surface area contributed by atoms with Crippen molar-refractivity contribution in [3.63, 3.8) is 0 Å². The number of pyridine rings is 1. The minimum Gasteiger partial charge on any atom is -0.476 e. The molecule has 1 unspecified atom stereocenters. The Balaban J connectivity index is 1.42. The minimum absolute atomic E-state index is 0.306. The van der Waals surface area contributed by atoms with Gasteiger partial charge in [0.25, 0.3) is 0 Å². The number of aromatic nitrogens is 1. The summed E-state index contributed by atoms with van der Waals surface area (Å²) in [4.78, 5) is 9.64. The van der Waals surface area contributed by atoms with Gasteiger partial charge in [-0.05, 0) is 42.5 Å². The molecule has 0 bridgehead atoms. The molecule has 2 aliphatic heterocycles. The molecule has 3 heterocycles. The van der Waals surface area contributed by atoms with Gasteiger partial charge in [-0.1, -0.05) is 42.5 Å². The maximum atomic E-state index is 6.42. The van der Waals surface area contributed by atoms with E-state index >= 15 is 0 Å². The number of rotatable bonds is 4. The molecule has 1 aromatic heterocycles. The van der Waals surface area contributed by atoms with Crippen molar-refractivity contribution in [2.45, 2.75) is 32.4 Å². The van der Waals surface area contributed by atoms with E-state index in [1.54, 1.807) is 0 Å². The average molecular weight is 418 g/mol. The van der Waals surface area contributed by atoms with Crippen LogP contribution >= 0.6 is 0 Å². The second kappa shape index (κ2) is 9.35. The monoisotopic (exact) mass is 417 g/mol. The SMILES string of the molecule is CC(C1=CC=CCC=C1)N1CCc2cc(CN3CCOCC3)c3cccnc3c2OC1. The Morgan fingerprint density at radius 2 is 2.06 bits per heavy atom. The van der Waals surface area contributed by atoms with Gasteiger partial charge in [-0.15, -0.1) is 0 Å². The van der Waals surface area contributed by atoms with Crippen LogP contribution in [-0.2, 0) is 17.7 Å². The number of hydrogen-bond donors (Lipinski definition) is 0. The van der Waals surface area contributed by atoms with Crippen LogP contribution in [0.2, 0.25) is 0 Å². The zero-order chi connectivity index (χ0) is 21.0. The summed E-state index contributed by atoms with van der Waals surface area (Å²) < 4.78 is 12.0. The zero-order valence-electron chi connectivity index (χ0n) is 18.3. The van der Waals surface area contributed by atoms with Gasteiger partial charge in [-0.2, -0.15) is 0 Å². The van der Waals surface area contributed by atoms with Crippen molar-refractivity contribution in [2.24, 2.45) is 0 Å². The van der Waals surface area contributed by atoms with Crippen molar-refractivity contribution in [3.05, 3.63) is 71.5 Å². The third-order valence-corrected chi connectivity index (χ3v) is 6.59. The number of morpholine rings is 1. The molecule has 5 rings (SSSR count). The lowest BCUT2D eigenvalue weighted by atomic mass is 10.00. The second-order valence-electron chi connectivity index (χ2n) is 8.56. The van der Waals surface area contributed by atoms with Gasteiger partial charge >= 0.3 is 0 Å². The molecule has 1 saturated heterocycles. The molecule has 0 radical (unpaired) electrons. The summed E-state index contributed by atoms with van der Waals surface area (Å²) in [6.45, 7) is 8.36. The first-order valence-electron chi connectivity index (χ1n) is 11.4. The van der Waals surface area contributed by atoms with Crippen LogP contribution in [0.5, 0.6) is 5.75 Å². The van der Waals surface area contributed by atoms with Crippen LogP contribution in [0.4, 0.5) is 0 Å². The van der Waals surface area contributed by atoms with Crippen LogP contribution in [0.1, 0.15) is 24.5 Å². The molecule has 1 aliphatic carbocycles. The average Bonchev–Trinajstić information content (AvgIpc) is 3.21. The highest BCUT2D eigenvalue weighted by Gasteiger charge is 2.24. The summed E-state index contributed by atoms with van der Waals surface area (Å²) in [5.74, 6) is 0.960. The molecule has 31 heavy (non-hydrogen) atoms. The first kappa shape index (κ1) is 20.4. The number of fused-ring (bicyclic) bond motifs is 3. The van der Waals surface area contributed by atoms with Crippen LogP contribution in [0.25, 0.3) is 10.9 Å². The van der Waals surface area contributed by atoms with Gasteiger partial charge in [-0.25, -0.2) is 0 Å². The van der Waals surface area contributed by atoms with Crippen LogP contribution in [0.15, 0.2) is 60.3 Å². The molecule has 2 aromatic rings.